The van der Waals surface area contributed by atoms with Gasteiger partial charge < -0.3 is 20.3 Å². The lowest BCUT2D eigenvalue weighted by Crippen LogP contribution is -2.39. The van der Waals surface area contributed by atoms with Crippen LogP contribution in [0.3, 0.4) is 0 Å². The minimum absolute atomic E-state index is 0.179. The minimum atomic E-state index is -0.179. The van der Waals surface area contributed by atoms with Gasteiger partial charge in [-0.25, -0.2) is 9.78 Å². The molecule has 2 aromatic carbocycles. The van der Waals surface area contributed by atoms with Gasteiger partial charge in [0, 0.05) is 31.4 Å². The summed E-state index contributed by atoms with van der Waals surface area (Å²) in [6.07, 6.45) is 2.10. The molecule has 6 nitrogen and oxygen atoms in total. The third kappa shape index (κ3) is 4.36. The van der Waals surface area contributed by atoms with Crippen LogP contribution in [0.25, 0.3) is 10.2 Å². The van der Waals surface area contributed by atoms with Crippen LogP contribution in [-0.2, 0) is 0 Å². The molecule has 2 N–H and O–H groups in total. The Morgan fingerprint density at radius 1 is 1.21 bits per heavy atom. The number of fused-ring (bicyclic) bond motifs is 1. The maximum absolute atomic E-state index is 12.2. The molecule has 1 fully saturated rings. The van der Waals surface area contributed by atoms with E-state index in [1.165, 1.54) is 4.70 Å². The Balaban J connectivity index is 1.24. The van der Waals surface area contributed by atoms with E-state index in [-0.39, 0.29) is 6.03 Å². The zero-order valence-electron chi connectivity index (χ0n) is 15.9. The van der Waals surface area contributed by atoms with Crippen molar-refractivity contribution in [3.8, 4) is 5.75 Å². The predicted molar refractivity (Wildman–Crippen MR) is 115 cm³/mol. The van der Waals surface area contributed by atoms with E-state index in [2.05, 4.69) is 33.7 Å². The number of carbonyl (C=O) groups excluding carboxylic acids is 1. The number of piperidine rings is 1. The number of anilines is 2. The largest absolute Gasteiger partial charge is 0.497 e. The smallest absolute Gasteiger partial charge is 0.319 e. The van der Waals surface area contributed by atoms with Crippen molar-refractivity contribution >= 4 is 38.4 Å². The summed E-state index contributed by atoms with van der Waals surface area (Å²) in [4.78, 5) is 19.3. The Morgan fingerprint density at radius 3 is 2.82 bits per heavy atom. The number of carbonyl (C=O) groups is 1. The van der Waals surface area contributed by atoms with Crippen LogP contribution in [0.1, 0.15) is 12.8 Å². The summed E-state index contributed by atoms with van der Waals surface area (Å²) in [6, 6.07) is 15.4. The van der Waals surface area contributed by atoms with E-state index in [4.69, 9.17) is 9.72 Å². The molecule has 28 heavy (non-hydrogen) atoms. The average Bonchev–Trinajstić information content (AvgIpc) is 3.17. The van der Waals surface area contributed by atoms with Crippen molar-refractivity contribution in [1.82, 2.24) is 10.3 Å². The fraction of sp³-hybridized carbons (Fsp3) is 0.333. The van der Waals surface area contributed by atoms with Crippen LogP contribution in [-0.4, -0.2) is 37.8 Å². The molecule has 2 heterocycles. The van der Waals surface area contributed by atoms with E-state index in [1.54, 1.807) is 24.5 Å². The van der Waals surface area contributed by atoms with Gasteiger partial charge in [-0.05, 0) is 43.0 Å². The summed E-state index contributed by atoms with van der Waals surface area (Å²) in [6.45, 7) is 2.64. The van der Waals surface area contributed by atoms with Gasteiger partial charge in [0.25, 0.3) is 0 Å². The number of amides is 2. The monoisotopic (exact) mass is 396 g/mol. The molecule has 3 aromatic rings. The van der Waals surface area contributed by atoms with Gasteiger partial charge in [0.15, 0.2) is 5.13 Å². The number of rotatable bonds is 5. The second kappa shape index (κ2) is 8.48. The molecule has 0 atom stereocenters. The molecule has 0 spiro atoms. The zero-order valence-corrected chi connectivity index (χ0v) is 16.7. The highest BCUT2D eigenvalue weighted by molar-refractivity contribution is 7.22. The Morgan fingerprint density at radius 2 is 2.04 bits per heavy atom. The highest BCUT2D eigenvalue weighted by Crippen LogP contribution is 2.31. The van der Waals surface area contributed by atoms with Crippen molar-refractivity contribution < 1.29 is 9.53 Å². The van der Waals surface area contributed by atoms with Gasteiger partial charge in [-0.15, -0.1) is 0 Å². The Kier molecular flexibility index (Phi) is 5.62. The number of hydrogen-bond acceptors (Lipinski definition) is 5. The van der Waals surface area contributed by atoms with Crippen LogP contribution in [0.4, 0.5) is 15.6 Å². The number of nitrogens with one attached hydrogen (secondary N) is 2. The van der Waals surface area contributed by atoms with Gasteiger partial charge in [-0.3, -0.25) is 0 Å². The van der Waals surface area contributed by atoms with E-state index < -0.39 is 0 Å². The van der Waals surface area contributed by atoms with Crippen LogP contribution in [0, 0.1) is 5.92 Å². The highest BCUT2D eigenvalue weighted by atomic mass is 32.1. The van der Waals surface area contributed by atoms with Crippen molar-refractivity contribution in [3.63, 3.8) is 0 Å². The second-order valence-corrected chi connectivity index (χ2v) is 7.97. The van der Waals surface area contributed by atoms with Gasteiger partial charge in [0.2, 0.25) is 0 Å². The molecule has 0 radical (unpaired) electrons. The topological polar surface area (TPSA) is 66.5 Å². The molecule has 0 saturated carbocycles. The number of aromatic nitrogens is 1. The van der Waals surface area contributed by atoms with Crippen LogP contribution in [0.5, 0.6) is 5.75 Å². The molecule has 1 aromatic heterocycles. The number of para-hydroxylation sites is 1. The maximum atomic E-state index is 12.2. The lowest BCUT2D eigenvalue weighted by Gasteiger charge is -2.31. The fourth-order valence-corrected chi connectivity index (χ4v) is 4.45. The second-order valence-electron chi connectivity index (χ2n) is 6.96. The van der Waals surface area contributed by atoms with Gasteiger partial charge in [-0.1, -0.05) is 29.5 Å². The minimum Gasteiger partial charge on any atom is -0.497 e. The quantitative estimate of drug-likeness (QED) is 0.673. The number of hydrogen-bond donors (Lipinski definition) is 2. The molecule has 4 rings (SSSR count). The fourth-order valence-electron chi connectivity index (χ4n) is 3.44. The number of urea groups is 1. The number of benzene rings is 2. The molecule has 1 aliphatic heterocycles. The highest BCUT2D eigenvalue weighted by Gasteiger charge is 2.22. The average molecular weight is 397 g/mol. The molecular formula is C21H24N4O2S. The van der Waals surface area contributed by atoms with Gasteiger partial charge in [0.1, 0.15) is 5.75 Å². The molecule has 0 bridgehead atoms. The first-order chi connectivity index (χ1) is 13.7. The molecule has 2 amide bonds. The third-order valence-corrected chi connectivity index (χ3v) is 6.14. The van der Waals surface area contributed by atoms with E-state index in [0.717, 1.165) is 48.0 Å². The van der Waals surface area contributed by atoms with Crippen molar-refractivity contribution in [2.45, 2.75) is 12.8 Å². The summed E-state index contributed by atoms with van der Waals surface area (Å²) in [7, 11) is 1.61. The first-order valence-electron chi connectivity index (χ1n) is 9.51. The molecule has 1 saturated heterocycles. The molecule has 7 heteroatoms. The van der Waals surface area contributed by atoms with Crippen molar-refractivity contribution in [1.29, 1.82) is 0 Å². The Hall–Kier alpha value is -2.80. The molecule has 0 unspecified atom stereocenters. The molecule has 146 valence electrons. The zero-order chi connectivity index (χ0) is 19.3. The van der Waals surface area contributed by atoms with Crippen molar-refractivity contribution in [2.24, 2.45) is 5.92 Å². The summed E-state index contributed by atoms with van der Waals surface area (Å²) in [5.74, 6) is 1.21. The molecule has 0 aliphatic carbocycles. The summed E-state index contributed by atoms with van der Waals surface area (Å²) < 4.78 is 6.41. The van der Waals surface area contributed by atoms with Crippen LogP contribution < -0.4 is 20.3 Å². The number of thiazole rings is 1. The predicted octanol–water partition coefficient (Wildman–Crippen LogP) is 4.34. The van der Waals surface area contributed by atoms with Crippen LogP contribution in [0.2, 0.25) is 0 Å². The van der Waals surface area contributed by atoms with Crippen LogP contribution >= 0.6 is 11.3 Å². The van der Waals surface area contributed by atoms with E-state index in [1.807, 2.05) is 24.3 Å². The van der Waals surface area contributed by atoms with Crippen LogP contribution in [0.15, 0.2) is 48.5 Å². The van der Waals surface area contributed by atoms with Gasteiger partial charge in [0.05, 0.1) is 17.3 Å². The number of methoxy groups -OCH3 is 1. The Bertz CT molecular complexity index is 917. The molecule has 1 aliphatic rings. The normalized spacial score (nSPS) is 14.8. The lowest BCUT2D eigenvalue weighted by atomic mass is 9.97. The third-order valence-electron chi connectivity index (χ3n) is 5.05. The lowest BCUT2D eigenvalue weighted by molar-refractivity contribution is 0.248. The van der Waals surface area contributed by atoms with Gasteiger partial charge in [-0.2, -0.15) is 0 Å². The van der Waals surface area contributed by atoms with Gasteiger partial charge >= 0.3 is 6.03 Å². The Labute approximate surface area is 168 Å². The van der Waals surface area contributed by atoms with Crippen molar-refractivity contribution in [3.05, 3.63) is 48.5 Å². The standard InChI is InChI=1S/C21H24N4O2S/c1-27-17-6-4-5-16(13-17)23-20(26)22-14-15-9-11-25(12-10-15)21-24-18-7-2-3-8-19(18)28-21/h2-8,13,15H,9-12,14H2,1H3,(H2,22,23,26). The summed E-state index contributed by atoms with van der Waals surface area (Å²) in [5, 5.41) is 6.95. The summed E-state index contributed by atoms with van der Waals surface area (Å²) >= 11 is 1.75. The van der Waals surface area contributed by atoms with E-state index in [9.17, 15) is 4.79 Å². The maximum Gasteiger partial charge on any atom is 0.319 e. The van der Waals surface area contributed by atoms with E-state index >= 15 is 0 Å². The van der Waals surface area contributed by atoms with Crippen molar-refractivity contribution in [2.75, 3.05) is 37.0 Å². The summed E-state index contributed by atoms with van der Waals surface area (Å²) in [5.41, 5.74) is 1.79. The first kappa shape index (κ1) is 18.6. The number of nitrogens with zero attached hydrogens (tertiary/aromatic N) is 2. The number of ether oxygens (including phenoxy) is 1. The first-order valence-corrected chi connectivity index (χ1v) is 10.3. The van der Waals surface area contributed by atoms with E-state index in [0.29, 0.717) is 12.5 Å². The SMILES string of the molecule is COc1cccc(NC(=O)NCC2CCN(c3nc4ccccc4s3)CC2)c1. The molecular weight excluding hydrogens is 372 g/mol.